The number of hydrogen-bond acceptors (Lipinski definition) is 2. The molecular weight excluding hydrogens is 220 g/mol. The molecule has 1 atom stereocenters. The molecule has 0 heterocycles. The van der Waals surface area contributed by atoms with E-state index in [-0.39, 0.29) is 0 Å². The second-order valence-corrected chi connectivity index (χ2v) is 4.76. The van der Waals surface area contributed by atoms with E-state index >= 15 is 0 Å². The summed E-state index contributed by atoms with van der Waals surface area (Å²) in [5, 5.41) is 3.45. The van der Waals surface area contributed by atoms with Crippen LogP contribution >= 0.6 is 0 Å². The maximum atomic E-state index is 3.45. The van der Waals surface area contributed by atoms with Gasteiger partial charge in [-0.05, 0) is 50.7 Å². The summed E-state index contributed by atoms with van der Waals surface area (Å²) < 4.78 is 0. The lowest BCUT2D eigenvalue weighted by molar-refractivity contribution is 0.284. The maximum absolute atomic E-state index is 3.45. The largest absolute Gasteiger partial charge is 0.313 e. The molecule has 0 fully saturated rings. The van der Waals surface area contributed by atoms with Crippen molar-refractivity contribution < 1.29 is 0 Å². The van der Waals surface area contributed by atoms with Gasteiger partial charge in [0.05, 0.1) is 0 Å². The number of benzene rings is 1. The second kappa shape index (κ2) is 8.28. The van der Waals surface area contributed by atoms with Crippen molar-refractivity contribution in [1.82, 2.24) is 10.2 Å². The zero-order valence-electron chi connectivity index (χ0n) is 12.4. The van der Waals surface area contributed by atoms with Gasteiger partial charge in [-0.3, -0.25) is 0 Å². The topological polar surface area (TPSA) is 15.3 Å². The Balaban J connectivity index is 2.64. The first-order chi connectivity index (χ1) is 8.74. The van der Waals surface area contributed by atoms with Crippen LogP contribution in [0.5, 0.6) is 0 Å². The summed E-state index contributed by atoms with van der Waals surface area (Å²) in [6.07, 6.45) is 2.28. The van der Waals surface area contributed by atoms with Crippen molar-refractivity contribution in [2.45, 2.75) is 39.7 Å². The average Bonchev–Trinajstić information content (AvgIpc) is 2.44. The van der Waals surface area contributed by atoms with Crippen LogP contribution in [0.25, 0.3) is 0 Å². The monoisotopic (exact) mass is 248 g/mol. The molecule has 1 rings (SSSR count). The molecule has 0 aliphatic heterocycles. The summed E-state index contributed by atoms with van der Waals surface area (Å²) in [6, 6.07) is 9.43. The molecule has 1 aromatic carbocycles. The molecule has 0 aliphatic carbocycles. The summed E-state index contributed by atoms with van der Waals surface area (Å²) in [4.78, 5) is 2.48. The number of aryl methyl sites for hydroxylation is 1. The first-order valence-electron chi connectivity index (χ1n) is 7.23. The van der Waals surface area contributed by atoms with Gasteiger partial charge in [0.15, 0.2) is 0 Å². The fraction of sp³-hybridized carbons (Fsp3) is 0.625. The standard InChI is InChI=1S/C16H28N2/c1-5-14-9-8-10-15(13-14)16(17-4)11-12-18(6-2)7-3/h8-10,13,16-17H,5-7,11-12H2,1-4H3. The van der Waals surface area contributed by atoms with Crippen molar-refractivity contribution in [2.75, 3.05) is 26.7 Å². The molecular formula is C16H28N2. The zero-order valence-corrected chi connectivity index (χ0v) is 12.4. The molecule has 0 amide bonds. The molecule has 0 saturated carbocycles. The third kappa shape index (κ3) is 4.43. The lowest BCUT2D eigenvalue weighted by atomic mass is 10.0. The van der Waals surface area contributed by atoms with Crippen LogP contribution in [0.3, 0.4) is 0 Å². The predicted molar refractivity (Wildman–Crippen MR) is 80.0 cm³/mol. The fourth-order valence-corrected chi connectivity index (χ4v) is 2.36. The van der Waals surface area contributed by atoms with Crippen molar-refractivity contribution in [2.24, 2.45) is 0 Å². The highest BCUT2D eigenvalue weighted by molar-refractivity contribution is 5.26. The van der Waals surface area contributed by atoms with Gasteiger partial charge in [-0.1, -0.05) is 45.0 Å². The summed E-state index contributed by atoms with van der Waals surface area (Å²) in [5.41, 5.74) is 2.85. The van der Waals surface area contributed by atoms with Crippen LogP contribution in [-0.2, 0) is 6.42 Å². The van der Waals surface area contributed by atoms with Crippen LogP contribution in [0.2, 0.25) is 0 Å². The maximum Gasteiger partial charge on any atom is 0.0329 e. The summed E-state index contributed by atoms with van der Waals surface area (Å²) >= 11 is 0. The minimum absolute atomic E-state index is 0.470. The highest BCUT2D eigenvalue weighted by Gasteiger charge is 2.10. The minimum atomic E-state index is 0.470. The van der Waals surface area contributed by atoms with Gasteiger partial charge in [-0.15, -0.1) is 0 Å². The molecule has 1 N–H and O–H groups in total. The predicted octanol–water partition coefficient (Wildman–Crippen LogP) is 3.24. The quantitative estimate of drug-likeness (QED) is 0.760. The molecule has 18 heavy (non-hydrogen) atoms. The van der Waals surface area contributed by atoms with Crippen LogP contribution in [0.4, 0.5) is 0 Å². The molecule has 2 heteroatoms. The van der Waals surface area contributed by atoms with Gasteiger partial charge >= 0.3 is 0 Å². The molecule has 0 radical (unpaired) electrons. The van der Waals surface area contributed by atoms with Crippen LogP contribution < -0.4 is 5.32 Å². The van der Waals surface area contributed by atoms with Crippen molar-refractivity contribution >= 4 is 0 Å². The Labute approximate surface area is 112 Å². The van der Waals surface area contributed by atoms with E-state index in [4.69, 9.17) is 0 Å². The van der Waals surface area contributed by atoms with Gasteiger partial charge in [-0.2, -0.15) is 0 Å². The van der Waals surface area contributed by atoms with Crippen molar-refractivity contribution in [3.05, 3.63) is 35.4 Å². The second-order valence-electron chi connectivity index (χ2n) is 4.76. The first-order valence-corrected chi connectivity index (χ1v) is 7.23. The smallest absolute Gasteiger partial charge is 0.0329 e. The summed E-state index contributed by atoms with van der Waals surface area (Å²) in [5.74, 6) is 0. The summed E-state index contributed by atoms with van der Waals surface area (Å²) in [7, 11) is 2.06. The Hall–Kier alpha value is -0.860. The normalized spacial score (nSPS) is 12.9. The van der Waals surface area contributed by atoms with Gasteiger partial charge in [-0.25, -0.2) is 0 Å². The van der Waals surface area contributed by atoms with Crippen molar-refractivity contribution in [1.29, 1.82) is 0 Å². The molecule has 0 spiro atoms. The van der Waals surface area contributed by atoms with E-state index in [9.17, 15) is 0 Å². The lowest BCUT2D eigenvalue weighted by Crippen LogP contribution is -2.28. The molecule has 2 nitrogen and oxygen atoms in total. The fourth-order valence-electron chi connectivity index (χ4n) is 2.36. The van der Waals surface area contributed by atoms with Crippen LogP contribution in [0.1, 0.15) is 44.4 Å². The van der Waals surface area contributed by atoms with E-state index in [2.05, 4.69) is 62.3 Å². The van der Waals surface area contributed by atoms with E-state index in [1.54, 1.807) is 0 Å². The molecule has 0 bridgehead atoms. The molecule has 0 aromatic heterocycles. The Bertz CT molecular complexity index is 332. The third-order valence-corrected chi connectivity index (χ3v) is 3.74. The van der Waals surface area contributed by atoms with E-state index in [0.29, 0.717) is 6.04 Å². The summed E-state index contributed by atoms with van der Waals surface area (Å²) in [6.45, 7) is 10.1. The highest BCUT2D eigenvalue weighted by Crippen LogP contribution is 2.18. The molecule has 1 unspecified atom stereocenters. The van der Waals surface area contributed by atoms with Crippen LogP contribution in [-0.4, -0.2) is 31.6 Å². The number of hydrogen-bond donors (Lipinski definition) is 1. The Kier molecular flexibility index (Phi) is 6.99. The lowest BCUT2D eigenvalue weighted by Gasteiger charge is -2.23. The SMILES string of the molecule is CCc1cccc(C(CCN(CC)CC)NC)c1. The van der Waals surface area contributed by atoms with Crippen molar-refractivity contribution in [3.63, 3.8) is 0 Å². The van der Waals surface area contributed by atoms with Gasteiger partial charge in [0.1, 0.15) is 0 Å². The van der Waals surface area contributed by atoms with Gasteiger partial charge in [0.25, 0.3) is 0 Å². The zero-order chi connectivity index (χ0) is 13.4. The van der Waals surface area contributed by atoms with Crippen molar-refractivity contribution in [3.8, 4) is 0 Å². The Morgan fingerprint density at radius 3 is 2.44 bits per heavy atom. The Morgan fingerprint density at radius 1 is 1.17 bits per heavy atom. The van der Waals surface area contributed by atoms with Gasteiger partial charge < -0.3 is 10.2 Å². The third-order valence-electron chi connectivity index (χ3n) is 3.74. The minimum Gasteiger partial charge on any atom is -0.313 e. The number of rotatable bonds is 8. The van der Waals surface area contributed by atoms with Gasteiger partial charge in [0, 0.05) is 6.04 Å². The number of nitrogens with zero attached hydrogens (tertiary/aromatic N) is 1. The highest BCUT2D eigenvalue weighted by atomic mass is 15.1. The number of nitrogens with one attached hydrogen (secondary N) is 1. The molecule has 0 aliphatic rings. The molecule has 1 aromatic rings. The van der Waals surface area contributed by atoms with Crippen LogP contribution in [0.15, 0.2) is 24.3 Å². The first kappa shape index (κ1) is 15.2. The van der Waals surface area contributed by atoms with Gasteiger partial charge in [0.2, 0.25) is 0 Å². The van der Waals surface area contributed by atoms with Crippen LogP contribution in [0, 0.1) is 0 Å². The average molecular weight is 248 g/mol. The van der Waals surface area contributed by atoms with E-state index in [1.165, 1.54) is 17.5 Å². The van der Waals surface area contributed by atoms with E-state index in [0.717, 1.165) is 26.1 Å². The Morgan fingerprint density at radius 2 is 1.89 bits per heavy atom. The molecule has 102 valence electrons. The van der Waals surface area contributed by atoms with E-state index in [1.807, 2.05) is 0 Å². The molecule has 0 saturated heterocycles. The van der Waals surface area contributed by atoms with E-state index < -0.39 is 0 Å².